The van der Waals surface area contributed by atoms with Crippen LogP contribution in [0.4, 0.5) is 4.79 Å². The van der Waals surface area contributed by atoms with Gasteiger partial charge in [0.2, 0.25) is 0 Å². The van der Waals surface area contributed by atoms with Crippen LogP contribution in [0.25, 0.3) is 0 Å². The molecule has 276 valence electrons. The molecule has 15 atom stereocenters. The first kappa shape index (κ1) is 37.9. The number of nitrogens with zero attached hydrogens (tertiary/aromatic N) is 2. The lowest BCUT2D eigenvalue weighted by molar-refractivity contribution is -0.304. The summed E-state index contributed by atoms with van der Waals surface area (Å²) in [4.78, 5) is 31.3. The molecule has 0 aromatic rings. The van der Waals surface area contributed by atoms with Gasteiger partial charge in [-0.2, -0.15) is 0 Å². The number of hydrogen-bond donors (Lipinski definition) is 2. The van der Waals surface area contributed by atoms with Gasteiger partial charge in [0.1, 0.15) is 17.9 Å². The predicted molar refractivity (Wildman–Crippen MR) is 183 cm³/mol. The quantitative estimate of drug-likeness (QED) is 0.309. The van der Waals surface area contributed by atoms with Crippen molar-refractivity contribution in [1.82, 2.24) is 15.1 Å². The summed E-state index contributed by atoms with van der Waals surface area (Å²) in [5, 5.41) is 15.7. The fraction of sp³-hybridized carbons (Fsp3) is 0.943. The van der Waals surface area contributed by atoms with Crippen molar-refractivity contribution in [3.05, 3.63) is 0 Å². The molecule has 5 fully saturated rings. The zero-order chi connectivity index (χ0) is 35.7. The van der Waals surface area contributed by atoms with Crippen LogP contribution in [0, 0.1) is 23.7 Å². The van der Waals surface area contributed by atoms with E-state index < -0.39 is 79.8 Å². The average molecular weight is 698 g/mol. The van der Waals surface area contributed by atoms with Gasteiger partial charge < -0.3 is 38.1 Å². The Balaban J connectivity index is 1.63. The summed E-state index contributed by atoms with van der Waals surface area (Å²) >= 11 is 0. The van der Waals surface area contributed by atoms with Crippen LogP contribution in [0.15, 0.2) is 0 Å². The molecule has 0 aromatic heterocycles. The molecule has 13 heteroatoms. The number of esters is 1. The molecule has 48 heavy (non-hydrogen) atoms. The Labute approximate surface area is 288 Å². The van der Waals surface area contributed by atoms with Crippen LogP contribution in [-0.2, 0) is 32.9 Å². The number of nitrogens with one attached hydrogen (secondary N) is 1. The van der Waals surface area contributed by atoms with E-state index in [0.29, 0.717) is 25.9 Å². The fourth-order valence-corrected chi connectivity index (χ4v) is 10.8. The Morgan fingerprint density at radius 3 is 2.38 bits per heavy atom. The Morgan fingerprint density at radius 1 is 1.10 bits per heavy atom. The molecular formula is C35H63N3O9Si. The minimum Gasteiger partial charge on any atom is -0.458 e. The summed E-state index contributed by atoms with van der Waals surface area (Å²) in [7, 11) is 2.06. The number of hydrogen-bond acceptors (Lipinski definition) is 11. The summed E-state index contributed by atoms with van der Waals surface area (Å²) in [6.07, 6.45) is -2.31. The molecular weight excluding hydrogens is 634 g/mol. The van der Waals surface area contributed by atoms with E-state index in [1.807, 2.05) is 20.8 Å². The summed E-state index contributed by atoms with van der Waals surface area (Å²) in [5.41, 5.74) is -2.91. The molecule has 5 saturated heterocycles. The van der Waals surface area contributed by atoms with Crippen molar-refractivity contribution in [2.45, 2.75) is 160 Å². The molecule has 5 rings (SSSR count). The number of cyclic esters (lactones) is 1. The molecule has 2 N–H and O–H groups in total. The average Bonchev–Trinajstić information content (AvgIpc) is 3.34. The van der Waals surface area contributed by atoms with Crippen molar-refractivity contribution >= 4 is 20.4 Å². The molecule has 5 aliphatic rings. The van der Waals surface area contributed by atoms with Gasteiger partial charge in [-0.15, -0.1) is 0 Å². The number of carbonyl (C=O) groups is 2. The second-order valence-corrected chi connectivity index (χ2v) is 21.5. The van der Waals surface area contributed by atoms with Gasteiger partial charge in [-0.3, -0.25) is 15.0 Å². The highest BCUT2D eigenvalue weighted by Gasteiger charge is 2.68. The van der Waals surface area contributed by atoms with Crippen molar-refractivity contribution in [1.29, 1.82) is 0 Å². The Kier molecular flexibility index (Phi) is 10.5. The van der Waals surface area contributed by atoms with Crippen LogP contribution < -0.4 is 5.32 Å². The van der Waals surface area contributed by atoms with Crippen molar-refractivity contribution in [3.63, 3.8) is 0 Å². The lowest BCUT2D eigenvalue weighted by Crippen LogP contribution is -2.64. The van der Waals surface area contributed by atoms with Crippen molar-refractivity contribution in [2.75, 3.05) is 27.2 Å². The van der Waals surface area contributed by atoms with Crippen molar-refractivity contribution < 1.29 is 42.8 Å². The van der Waals surface area contributed by atoms with Gasteiger partial charge >= 0.3 is 12.1 Å². The topological polar surface area (TPSA) is 128 Å². The number of rotatable bonds is 6. The van der Waals surface area contributed by atoms with E-state index in [0.717, 1.165) is 6.42 Å². The molecule has 0 radical (unpaired) electrons. The lowest BCUT2D eigenvalue weighted by Gasteiger charge is -2.50. The Morgan fingerprint density at radius 2 is 1.77 bits per heavy atom. The van der Waals surface area contributed by atoms with Gasteiger partial charge in [-0.1, -0.05) is 27.7 Å². The van der Waals surface area contributed by atoms with Gasteiger partial charge in [0.25, 0.3) is 0 Å². The predicted octanol–water partition coefficient (Wildman–Crippen LogP) is 3.96. The molecule has 1 unspecified atom stereocenters. The number of ether oxygens (including phenoxy) is 5. The van der Waals surface area contributed by atoms with Gasteiger partial charge in [0.05, 0.1) is 35.9 Å². The third-order valence-corrected chi connectivity index (χ3v) is 13.0. The monoisotopic (exact) mass is 697 g/mol. The first-order chi connectivity index (χ1) is 22.2. The molecule has 0 aliphatic carbocycles. The molecule has 5 heterocycles. The van der Waals surface area contributed by atoms with E-state index in [1.165, 1.54) is 0 Å². The van der Waals surface area contributed by atoms with Gasteiger partial charge in [-0.25, -0.2) is 4.79 Å². The standard InChI is InChI=1S/C35H63N3O9Si/c1-14-25-34(8)28-23(6)35(36-15-16-38(28)32(41)45-34)19(2)18-33(7,47-35)29(21(4)26(39)22(5)30(40)43-25)44-31-27(46-48(11,12)13)24(37(9)10)17-20(3)42-31/h19-29,31,36,39H,14-18H2,1-13H3/t19-,20-,21-,22-,23-,24+,25-,26+,27-,28-,29-,31+,33-,34-,35?/m1/s1. The number of carbonyl (C=O) groups excluding carboxylic acids is 2. The van der Waals surface area contributed by atoms with Gasteiger partial charge in [0, 0.05) is 36.9 Å². The Hall–Kier alpha value is -1.32. The summed E-state index contributed by atoms with van der Waals surface area (Å²) < 4.78 is 40.3. The molecule has 3 bridgehead atoms. The minimum atomic E-state index is -2.06. The van der Waals surface area contributed by atoms with Crippen LogP contribution in [0.5, 0.6) is 0 Å². The SMILES string of the molecule is CC[C@H]1OC(=O)[C@H](C)[C@@H](O)[C@@H](C)[C@@H](O[C@@H]2O[C@H](C)C[C@H](N(C)C)[C@H]2O[Si](C)(C)C)[C@@]2(C)C[C@@H](C)C3(NCCN4C(=O)O[C@@]1(C)[C@H]4[C@H]3C)O2. The highest BCUT2D eigenvalue weighted by atomic mass is 28.4. The van der Waals surface area contributed by atoms with E-state index in [4.69, 9.17) is 28.1 Å². The first-order valence-corrected chi connectivity index (χ1v) is 21.6. The largest absolute Gasteiger partial charge is 0.458 e. The van der Waals surface area contributed by atoms with Gasteiger partial charge in [0.15, 0.2) is 20.2 Å². The summed E-state index contributed by atoms with van der Waals surface area (Å²) in [5.74, 6) is -2.25. The highest BCUT2D eigenvalue weighted by Crippen LogP contribution is 2.54. The van der Waals surface area contributed by atoms with Crippen LogP contribution in [0.1, 0.15) is 74.7 Å². The van der Waals surface area contributed by atoms with Crippen molar-refractivity contribution in [3.8, 4) is 0 Å². The number of aliphatic hydroxyl groups is 1. The molecule has 0 saturated carbocycles. The minimum absolute atomic E-state index is 0.00872. The number of likely N-dealkylation sites (N-methyl/N-ethyl adjacent to an activating group) is 1. The van der Waals surface area contributed by atoms with Crippen LogP contribution >= 0.6 is 0 Å². The maximum atomic E-state index is 13.9. The zero-order valence-electron chi connectivity index (χ0n) is 31.6. The number of aliphatic hydroxyl groups excluding tert-OH is 1. The number of amides is 1. The number of fused-ring (bicyclic) bond motifs is 1. The fourth-order valence-electron chi connectivity index (χ4n) is 9.73. The third-order valence-electron chi connectivity index (χ3n) is 12.0. The van der Waals surface area contributed by atoms with E-state index in [1.54, 1.807) is 11.8 Å². The summed E-state index contributed by atoms with van der Waals surface area (Å²) in [6.45, 7) is 23.2. The molecule has 1 spiro atoms. The van der Waals surface area contributed by atoms with E-state index in [-0.39, 0.29) is 30.1 Å². The smallest absolute Gasteiger partial charge is 0.410 e. The second-order valence-electron chi connectivity index (χ2n) is 17.0. The van der Waals surface area contributed by atoms with Crippen molar-refractivity contribution in [2.24, 2.45) is 23.7 Å². The Bertz CT molecular complexity index is 1200. The van der Waals surface area contributed by atoms with E-state index >= 15 is 0 Å². The zero-order valence-corrected chi connectivity index (χ0v) is 32.6. The lowest BCUT2D eigenvalue weighted by atomic mass is 9.72. The van der Waals surface area contributed by atoms with Gasteiger partial charge in [-0.05, 0) is 80.7 Å². The normalized spacial score (nSPS) is 48.7. The summed E-state index contributed by atoms with van der Waals surface area (Å²) in [6, 6.07) is -0.381. The molecule has 1 amide bonds. The van der Waals surface area contributed by atoms with E-state index in [9.17, 15) is 14.7 Å². The molecule has 5 aliphatic heterocycles. The first-order valence-electron chi connectivity index (χ1n) is 18.2. The molecule has 0 aromatic carbocycles. The van der Waals surface area contributed by atoms with Crippen LogP contribution in [0.3, 0.4) is 0 Å². The maximum absolute atomic E-state index is 13.9. The molecule has 12 nitrogen and oxygen atoms in total. The van der Waals surface area contributed by atoms with Crippen LogP contribution in [-0.4, -0.2) is 128 Å². The third kappa shape index (κ3) is 6.48. The van der Waals surface area contributed by atoms with Crippen LogP contribution in [0.2, 0.25) is 19.6 Å². The second kappa shape index (κ2) is 13.3. The van der Waals surface area contributed by atoms with E-state index in [2.05, 4.69) is 71.6 Å². The maximum Gasteiger partial charge on any atom is 0.410 e. The highest BCUT2D eigenvalue weighted by molar-refractivity contribution is 6.69.